The number of amides is 1. The van der Waals surface area contributed by atoms with Gasteiger partial charge in [-0.05, 0) is 17.2 Å². The van der Waals surface area contributed by atoms with E-state index >= 15 is 0 Å². The molecule has 0 spiro atoms. The molecule has 1 atom stereocenters. The van der Waals surface area contributed by atoms with E-state index in [-0.39, 0.29) is 5.91 Å². The van der Waals surface area contributed by atoms with Gasteiger partial charge >= 0.3 is 0 Å². The van der Waals surface area contributed by atoms with E-state index in [2.05, 4.69) is 12.1 Å². The fraction of sp³-hybridized carbons (Fsp3) is 0.100. The molecule has 1 heterocycles. The Kier molecular flexibility index (Phi) is 5.88. The van der Waals surface area contributed by atoms with Gasteiger partial charge in [0.2, 0.25) is 0 Å². The van der Waals surface area contributed by atoms with Gasteiger partial charge in [-0.2, -0.15) is 0 Å². The largest absolute Gasteiger partial charge is 0.343 e. The van der Waals surface area contributed by atoms with Crippen molar-refractivity contribution in [2.75, 3.05) is 6.61 Å². The molecule has 0 radical (unpaired) electrons. The number of ether oxygens (including phenoxy) is 1. The van der Waals surface area contributed by atoms with Gasteiger partial charge in [-0.25, -0.2) is 0 Å². The van der Waals surface area contributed by atoms with Gasteiger partial charge < -0.3 is 4.74 Å². The maximum atomic E-state index is 13.7. The summed E-state index contributed by atoms with van der Waals surface area (Å²) < 4.78 is 6.70. The molecular formula is C30H25NO2. The van der Waals surface area contributed by atoms with E-state index in [1.165, 1.54) is 0 Å². The molecule has 4 aromatic rings. The minimum absolute atomic E-state index is 0.0228. The first-order valence-corrected chi connectivity index (χ1v) is 11.2. The monoisotopic (exact) mass is 431 g/mol. The summed E-state index contributed by atoms with van der Waals surface area (Å²) >= 11 is 0. The predicted octanol–water partition coefficient (Wildman–Crippen LogP) is 6.27. The molecule has 0 saturated heterocycles. The molecule has 5 rings (SSSR count). The lowest BCUT2D eigenvalue weighted by Crippen LogP contribution is -2.46. The number of hydrogen-bond donors (Lipinski definition) is 0. The van der Waals surface area contributed by atoms with Crippen LogP contribution in [0.2, 0.25) is 0 Å². The van der Waals surface area contributed by atoms with E-state index in [1.807, 2.05) is 120 Å². The van der Waals surface area contributed by atoms with Crippen molar-refractivity contribution in [1.82, 2.24) is 4.90 Å². The van der Waals surface area contributed by atoms with Gasteiger partial charge in [-0.3, -0.25) is 9.69 Å². The first-order chi connectivity index (χ1) is 16.3. The Hall–Kier alpha value is -3.95. The molecule has 0 N–H and O–H groups in total. The van der Waals surface area contributed by atoms with Crippen LogP contribution in [0.4, 0.5) is 0 Å². The minimum atomic E-state index is -1.01. The van der Waals surface area contributed by atoms with Gasteiger partial charge in [0.05, 0.1) is 6.61 Å². The van der Waals surface area contributed by atoms with Crippen LogP contribution >= 0.6 is 0 Å². The van der Waals surface area contributed by atoms with E-state index in [4.69, 9.17) is 4.74 Å². The highest BCUT2D eigenvalue weighted by Gasteiger charge is 2.51. The third kappa shape index (κ3) is 3.99. The fourth-order valence-electron chi connectivity index (χ4n) is 4.48. The number of rotatable bonds is 7. The second-order valence-corrected chi connectivity index (χ2v) is 8.06. The Labute approximate surface area is 194 Å². The molecule has 4 aromatic carbocycles. The topological polar surface area (TPSA) is 29.5 Å². The smallest absolute Gasteiger partial charge is 0.257 e. The third-order valence-electron chi connectivity index (χ3n) is 5.99. The summed E-state index contributed by atoms with van der Waals surface area (Å²) in [6, 6.07) is 38.0. The van der Waals surface area contributed by atoms with Gasteiger partial charge in [-0.1, -0.05) is 121 Å². The molecule has 1 unspecified atom stereocenters. The molecular weight excluding hydrogens is 406 g/mol. The number of benzene rings is 4. The van der Waals surface area contributed by atoms with E-state index < -0.39 is 5.72 Å². The van der Waals surface area contributed by atoms with Gasteiger partial charge in [0.25, 0.3) is 5.91 Å². The number of fused-ring (bicyclic) bond motifs is 1. The lowest BCUT2D eigenvalue weighted by atomic mass is 9.93. The zero-order valence-electron chi connectivity index (χ0n) is 18.3. The summed E-state index contributed by atoms with van der Waals surface area (Å²) in [6.07, 6.45) is 4.05. The van der Waals surface area contributed by atoms with E-state index in [9.17, 15) is 4.79 Å². The highest BCUT2D eigenvalue weighted by molar-refractivity contribution is 6.00. The molecule has 0 aliphatic carbocycles. The average molecular weight is 432 g/mol. The molecule has 0 saturated carbocycles. The van der Waals surface area contributed by atoms with Gasteiger partial charge in [-0.15, -0.1) is 0 Å². The predicted molar refractivity (Wildman–Crippen MR) is 131 cm³/mol. The van der Waals surface area contributed by atoms with Crippen molar-refractivity contribution in [1.29, 1.82) is 0 Å². The molecule has 0 fully saturated rings. The first-order valence-electron chi connectivity index (χ1n) is 11.2. The van der Waals surface area contributed by atoms with Crippen LogP contribution < -0.4 is 0 Å². The second kappa shape index (κ2) is 9.27. The first kappa shape index (κ1) is 20.9. The van der Waals surface area contributed by atoms with E-state index in [0.29, 0.717) is 18.7 Å². The molecule has 33 heavy (non-hydrogen) atoms. The van der Waals surface area contributed by atoms with Crippen LogP contribution in [0, 0.1) is 0 Å². The van der Waals surface area contributed by atoms with Crippen LogP contribution in [0.15, 0.2) is 121 Å². The number of carbonyl (C=O) groups is 1. The summed E-state index contributed by atoms with van der Waals surface area (Å²) in [5, 5.41) is 0. The Bertz CT molecular complexity index is 1250. The number of carbonyl (C=O) groups excluding carboxylic acids is 1. The van der Waals surface area contributed by atoms with Crippen molar-refractivity contribution in [3.63, 3.8) is 0 Å². The SMILES string of the molecule is O=C1c2ccccc2C(OC/C=C/c2ccccc2)(c2ccccc2)N1Cc1ccccc1. The van der Waals surface area contributed by atoms with Crippen molar-refractivity contribution in [2.24, 2.45) is 0 Å². The summed E-state index contributed by atoms with van der Waals surface area (Å²) in [4.78, 5) is 15.5. The highest BCUT2D eigenvalue weighted by Crippen LogP contribution is 2.46. The van der Waals surface area contributed by atoms with Crippen molar-refractivity contribution in [3.05, 3.63) is 149 Å². The fourth-order valence-corrected chi connectivity index (χ4v) is 4.48. The molecule has 1 aliphatic rings. The minimum Gasteiger partial charge on any atom is -0.343 e. The lowest BCUT2D eigenvalue weighted by Gasteiger charge is -2.39. The van der Waals surface area contributed by atoms with E-state index in [0.717, 1.165) is 22.3 Å². The lowest BCUT2D eigenvalue weighted by molar-refractivity contribution is -0.101. The Balaban J connectivity index is 1.58. The van der Waals surface area contributed by atoms with E-state index in [1.54, 1.807) is 0 Å². The molecule has 0 aromatic heterocycles. The molecule has 3 nitrogen and oxygen atoms in total. The van der Waals surface area contributed by atoms with Gasteiger partial charge in [0.15, 0.2) is 5.72 Å². The maximum Gasteiger partial charge on any atom is 0.257 e. The van der Waals surface area contributed by atoms with Crippen LogP contribution in [-0.2, 0) is 17.0 Å². The van der Waals surface area contributed by atoms with Crippen molar-refractivity contribution >= 4 is 12.0 Å². The molecule has 3 heteroatoms. The normalized spacial score (nSPS) is 17.5. The van der Waals surface area contributed by atoms with Crippen molar-refractivity contribution in [3.8, 4) is 0 Å². The standard InChI is InChI=1S/C30H25NO2/c32-29-27-20-10-11-21-28(27)30(26-18-8-3-9-19-26,31(29)23-25-15-6-2-7-16-25)33-22-12-17-24-13-4-1-5-14-24/h1-21H,22-23H2/b17-12+. The zero-order chi connectivity index (χ0) is 22.5. The van der Waals surface area contributed by atoms with Crippen LogP contribution in [0.1, 0.15) is 32.6 Å². The van der Waals surface area contributed by atoms with Crippen molar-refractivity contribution < 1.29 is 9.53 Å². The Morgan fingerprint density at radius 2 is 1.33 bits per heavy atom. The summed E-state index contributed by atoms with van der Waals surface area (Å²) in [7, 11) is 0. The Morgan fingerprint density at radius 3 is 2.06 bits per heavy atom. The number of nitrogens with zero attached hydrogens (tertiary/aromatic N) is 1. The number of hydrogen-bond acceptors (Lipinski definition) is 2. The van der Waals surface area contributed by atoms with Crippen molar-refractivity contribution in [2.45, 2.75) is 12.3 Å². The zero-order valence-corrected chi connectivity index (χ0v) is 18.3. The third-order valence-corrected chi connectivity index (χ3v) is 5.99. The van der Waals surface area contributed by atoms with Gasteiger partial charge in [0.1, 0.15) is 0 Å². The molecule has 1 aliphatic heterocycles. The van der Waals surface area contributed by atoms with Crippen LogP contribution in [0.5, 0.6) is 0 Å². The summed E-state index contributed by atoms with van der Waals surface area (Å²) in [5.41, 5.74) is 3.66. The molecule has 162 valence electrons. The highest BCUT2D eigenvalue weighted by atomic mass is 16.5. The van der Waals surface area contributed by atoms with Crippen LogP contribution in [0.25, 0.3) is 6.08 Å². The summed E-state index contributed by atoms with van der Waals surface area (Å²) in [6.45, 7) is 0.808. The molecule has 0 bridgehead atoms. The maximum absolute atomic E-state index is 13.7. The average Bonchev–Trinajstić information content (AvgIpc) is 3.12. The second-order valence-electron chi connectivity index (χ2n) is 8.06. The molecule has 1 amide bonds. The van der Waals surface area contributed by atoms with Crippen LogP contribution in [-0.4, -0.2) is 17.4 Å². The summed E-state index contributed by atoms with van der Waals surface area (Å²) in [5.74, 6) is -0.0228. The quantitative estimate of drug-likeness (QED) is 0.345. The Morgan fingerprint density at radius 1 is 0.727 bits per heavy atom. The van der Waals surface area contributed by atoms with Gasteiger partial charge in [0, 0.05) is 23.2 Å². The van der Waals surface area contributed by atoms with Crippen LogP contribution in [0.3, 0.4) is 0 Å².